The lowest BCUT2D eigenvalue weighted by atomic mass is 10.1. The van der Waals surface area contributed by atoms with Crippen LogP contribution in [0.4, 0.5) is 0 Å². The number of nitrogens with one attached hydrogen (secondary N) is 1. The van der Waals surface area contributed by atoms with Crippen LogP contribution in [0, 0.1) is 13.8 Å². The molecule has 0 bridgehead atoms. The standard InChI is InChI=1S/C14H16Br2N2O/c1-8-10(3)19-14(18-8)7-17-9(2)12-5-4-11(15)6-13(12)16/h4-6,9,17H,7H2,1-3H3. The van der Waals surface area contributed by atoms with Gasteiger partial charge in [0.05, 0.1) is 12.2 Å². The normalized spacial score (nSPS) is 12.7. The van der Waals surface area contributed by atoms with Crippen LogP contribution in [-0.4, -0.2) is 4.98 Å². The molecule has 0 radical (unpaired) electrons. The third-order valence-electron chi connectivity index (χ3n) is 3.06. The number of oxazole rings is 1. The first-order valence-electron chi connectivity index (χ1n) is 6.08. The summed E-state index contributed by atoms with van der Waals surface area (Å²) in [5, 5.41) is 3.41. The van der Waals surface area contributed by atoms with Gasteiger partial charge in [0.15, 0.2) is 0 Å². The maximum absolute atomic E-state index is 5.56. The van der Waals surface area contributed by atoms with Gasteiger partial charge in [-0.15, -0.1) is 0 Å². The van der Waals surface area contributed by atoms with Crippen LogP contribution >= 0.6 is 31.9 Å². The first-order chi connectivity index (χ1) is 8.97. The fraction of sp³-hybridized carbons (Fsp3) is 0.357. The zero-order valence-electron chi connectivity index (χ0n) is 11.1. The smallest absolute Gasteiger partial charge is 0.208 e. The lowest BCUT2D eigenvalue weighted by molar-refractivity contribution is 0.431. The van der Waals surface area contributed by atoms with Gasteiger partial charge in [-0.1, -0.05) is 37.9 Å². The van der Waals surface area contributed by atoms with Gasteiger partial charge in [0.25, 0.3) is 0 Å². The molecule has 1 atom stereocenters. The fourth-order valence-electron chi connectivity index (χ4n) is 1.82. The Morgan fingerprint density at radius 3 is 2.63 bits per heavy atom. The zero-order chi connectivity index (χ0) is 14.0. The van der Waals surface area contributed by atoms with Gasteiger partial charge < -0.3 is 9.73 Å². The molecule has 0 aliphatic heterocycles. The molecule has 1 aromatic heterocycles. The van der Waals surface area contributed by atoms with E-state index in [1.54, 1.807) is 0 Å². The molecule has 2 rings (SSSR count). The van der Waals surface area contributed by atoms with E-state index in [1.165, 1.54) is 5.56 Å². The molecule has 1 unspecified atom stereocenters. The highest BCUT2D eigenvalue weighted by Gasteiger charge is 2.11. The predicted molar refractivity (Wildman–Crippen MR) is 83.1 cm³/mol. The summed E-state index contributed by atoms with van der Waals surface area (Å²) in [6.07, 6.45) is 0. The molecule has 19 heavy (non-hydrogen) atoms. The second kappa shape index (κ2) is 6.20. The van der Waals surface area contributed by atoms with Crippen LogP contribution in [0.25, 0.3) is 0 Å². The summed E-state index contributed by atoms with van der Waals surface area (Å²) in [6, 6.07) is 6.40. The first kappa shape index (κ1) is 14.8. The van der Waals surface area contributed by atoms with Crippen molar-refractivity contribution in [1.82, 2.24) is 10.3 Å². The van der Waals surface area contributed by atoms with Crippen LogP contribution in [0.15, 0.2) is 31.6 Å². The van der Waals surface area contributed by atoms with Crippen molar-refractivity contribution in [3.05, 3.63) is 50.1 Å². The average Bonchev–Trinajstić information content (AvgIpc) is 2.66. The SMILES string of the molecule is Cc1nc(CNC(C)c2ccc(Br)cc2Br)oc1C. The number of hydrogen-bond acceptors (Lipinski definition) is 3. The Labute approximate surface area is 130 Å². The molecule has 0 amide bonds. The maximum Gasteiger partial charge on any atom is 0.208 e. The minimum absolute atomic E-state index is 0.218. The van der Waals surface area contributed by atoms with Crippen LogP contribution in [-0.2, 0) is 6.54 Å². The van der Waals surface area contributed by atoms with E-state index in [0.29, 0.717) is 6.54 Å². The number of halogens is 2. The van der Waals surface area contributed by atoms with E-state index in [0.717, 1.165) is 26.3 Å². The van der Waals surface area contributed by atoms with E-state index >= 15 is 0 Å². The largest absolute Gasteiger partial charge is 0.444 e. The first-order valence-corrected chi connectivity index (χ1v) is 7.67. The minimum Gasteiger partial charge on any atom is -0.444 e. The summed E-state index contributed by atoms with van der Waals surface area (Å²) in [5.41, 5.74) is 2.16. The van der Waals surface area contributed by atoms with E-state index in [-0.39, 0.29) is 6.04 Å². The number of hydrogen-bond donors (Lipinski definition) is 1. The fourth-order valence-corrected chi connectivity index (χ4v) is 3.21. The number of aryl methyl sites for hydroxylation is 2. The Balaban J connectivity index is 2.03. The molecule has 1 aromatic carbocycles. The Hall–Kier alpha value is -0.650. The molecule has 0 saturated carbocycles. The van der Waals surface area contributed by atoms with Gasteiger partial charge in [-0.3, -0.25) is 0 Å². The number of rotatable bonds is 4. The summed E-state index contributed by atoms with van der Waals surface area (Å²) < 4.78 is 7.71. The van der Waals surface area contributed by atoms with Crippen molar-refractivity contribution in [1.29, 1.82) is 0 Å². The van der Waals surface area contributed by atoms with Crippen molar-refractivity contribution in [3.63, 3.8) is 0 Å². The molecule has 2 aromatic rings. The van der Waals surface area contributed by atoms with Gasteiger partial charge in [0.1, 0.15) is 5.76 Å². The van der Waals surface area contributed by atoms with Crippen LogP contribution in [0.2, 0.25) is 0 Å². The molecule has 0 spiro atoms. The summed E-state index contributed by atoms with van der Waals surface area (Å²) >= 11 is 7.04. The third-order valence-corrected chi connectivity index (χ3v) is 4.24. The van der Waals surface area contributed by atoms with Gasteiger partial charge >= 0.3 is 0 Å². The van der Waals surface area contributed by atoms with Crippen molar-refractivity contribution in [2.75, 3.05) is 0 Å². The predicted octanol–water partition coefficient (Wildman–Crippen LogP) is 4.67. The maximum atomic E-state index is 5.56. The molecular formula is C14H16Br2N2O. The molecule has 0 aliphatic rings. The zero-order valence-corrected chi connectivity index (χ0v) is 14.3. The molecule has 5 heteroatoms. The molecule has 0 aliphatic carbocycles. The van der Waals surface area contributed by atoms with Crippen LogP contribution in [0.1, 0.15) is 35.9 Å². The Morgan fingerprint density at radius 2 is 2.05 bits per heavy atom. The van der Waals surface area contributed by atoms with Crippen LogP contribution < -0.4 is 5.32 Å². The van der Waals surface area contributed by atoms with E-state index in [2.05, 4.69) is 55.2 Å². The summed E-state index contributed by atoms with van der Waals surface area (Å²) in [6.45, 7) is 6.63. The van der Waals surface area contributed by atoms with Crippen molar-refractivity contribution in [3.8, 4) is 0 Å². The molecule has 1 heterocycles. The van der Waals surface area contributed by atoms with Gasteiger partial charge in [0, 0.05) is 15.0 Å². The highest BCUT2D eigenvalue weighted by atomic mass is 79.9. The summed E-state index contributed by atoms with van der Waals surface area (Å²) in [4.78, 5) is 4.36. The number of nitrogens with zero attached hydrogens (tertiary/aromatic N) is 1. The Kier molecular flexibility index (Phi) is 4.81. The van der Waals surface area contributed by atoms with Gasteiger partial charge in [0.2, 0.25) is 5.89 Å². The number of benzene rings is 1. The van der Waals surface area contributed by atoms with Gasteiger partial charge in [-0.2, -0.15) is 0 Å². The average molecular weight is 388 g/mol. The minimum atomic E-state index is 0.218. The van der Waals surface area contributed by atoms with E-state index < -0.39 is 0 Å². The second-order valence-corrected chi connectivity index (χ2v) is 6.29. The quantitative estimate of drug-likeness (QED) is 0.828. The van der Waals surface area contributed by atoms with Gasteiger partial charge in [-0.25, -0.2) is 4.98 Å². The van der Waals surface area contributed by atoms with E-state index in [4.69, 9.17) is 4.42 Å². The monoisotopic (exact) mass is 386 g/mol. The lowest BCUT2D eigenvalue weighted by Gasteiger charge is -2.15. The van der Waals surface area contributed by atoms with Crippen molar-refractivity contribution >= 4 is 31.9 Å². The van der Waals surface area contributed by atoms with Crippen molar-refractivity contribution in [2.24, 2.45) is 0 Å². The molecule has 3 nitrogen and oxygen atoms in total. The Morgan fingerprint density at radius 1 is 1.32 bits per heavy atom. The Bertz CT molecular complexity index is 561. The van der Waals surface area contributed by atoms with E-state index in [1.807, 2.05) is 26.0 Å². The molecular weight excluding hydrogens is 372 g/mol. The highest BCUT2D eigenvalue weighted by Crippen LogP contribution is 2.26. The molecule has 0 saturated heterocycles. The van der Waals surface area contributed by atoms with E-state index in [9.17, 15) is 0 Å². The summed E-state index contributed by atoms with van der Waals surface area (Å²) in [5.74, 6) is 1.62. The lowest BCUT2D eigenvalue weighted by Crippen LogP contribution is -2.18. The van der Waals surface area contributed by atoms with Gasteiger partial charge in [-0.05, 0) is 38.5 Å². The van der Waals surface area contributed by atoms with Crippen molar-refractivity contribution in [2.45, 2.75) is 33.4 Å². The third kappa shape index (κ3) is 3.68. The summed E-state index contributed by atoms with van der Waals surface area (Å²) in [7, 11) is 0. The molecule has 0 fully saturated rings. The second-order valence-electron chi connectivity index (χ2n) is 4.52. The van der Waals surface area contributed by atoms with Crippen molar-refractivity contribution < 1.29 is 4.42 Å². The number of aromatic nitrogens is 1. The molecule has 1 N–H and O–H groups in total. The highest BCUT2D eigenvalue weighted by molar-refractivity contribution is 9.11. The topological polar surface area (TPSA) is 38.1 Å². The van der Waals surface area contributed by atoms with Crippen LogP contribution in [0.3, 0.4) is 0 Å². The van der Waals surface area contributed by atoms with Crippen LogP contribution in [0.5, 0.6) is 0 Å². The molecule has 102 valence electrons.